The van der Waals surface area contributed by atoms with Crippen LogP contribution in [-0.4, -0.2) is 60.5 Å². The van der Waals surface area contributed by atoms with Crippen molar-refractivity contribution in [3.05, 3.63) is 0 Å². The maximum Gasteiger partial charge on any atom is 0.229 e. The highest BCUT2D eigenvalue weighted by molar-refractivity contribution is 5.80. The molecule has 0 aromatic rings. The lowest BCUT2D eigenvalue weighted by Crippen LogP contribution is -2.53. The molecule has 2 aliphatic heterocycles. The van der Waals surface area contributed by atoms with Crippen molar-refractivity contribution in [1.29, 1.82) is 0 Å². The van der Waals surface area contributed by atoms with Crippen LogP contribution in [0.25, 0.3) is 0 Å². The summed E-state index contributed by atoms with van der Waals surface area (Å²) in [4.78, 5) is 14.4. The molecule has 5 nitrogen and oxygen atoms in total. The quantitative estimate of drug-likeness (QED) is 0.771. The molecule has 104 valence electrons. The second-order valence-corrected chi connectivity index (χ2v) is 5.37. The van der Waals surface area contributed by atoms with E-state index in [-0.39, 0.29) is 42.6 Å². The first-order valence-corrected chi connectivity index (χ1v) is 6.70. The fourth-order valence-electron chi connectivity index (χ4n) is 2.98. The number of aliphatic hydroxyl groups excluding tert-OH is 1. The maximum atomic E-state index is 12.6. The van der Waals surface area contributed by atoms with Crippen molar-refractivity contribution >= 4 is 5.91 Å². The molecule has 1 amide bonds. The van der Waals surface area contributed by atoms with E-state index in [2.05, 4.69) is 6.92 Å². The van der Waals surface area contributed by atoms with Crippen LogP contribution in [0.1, 0.15) is 20.8 Å². The van der Waals surface area contributed by atoms with E-state index in [4.69, 9.17) is 9.47 Å². The first kappa shape index (κ1) is 13.8. The minimum absolute atomic E-state index is 0.0440. The van der Waals surface area contributed by atoms with Crippen LogP contribution in [0.4, 0.5) is 0 Å². The molecule has 5 atom stereocenters. The average molecular weight is 257 g/mol. The van der Waals surface area contributed by atoms with Crippen molar-refractivity contribution < 1.29 is 19.4 Å². The van der Waals surface area contributed by atoms with Crippen LogP contribution in [0.2, 0.25) is 0 Å². The van der Waals surface area contributed by atoms with E-state index in [0.29, 0.717) is 19.8 Å². The van der Waals surface area contributed by atoms with Gasteiger partial charge in [-0.2, -0.15) is 0 Å². The van der Waals surface area contributed by atoms with Crippen LogP contribution in [0.3, 0.4) is 0 Å². The molecular weight excluding hydrogens is 234 g/mol. The molecule has 5 heteroatoms. The molecule has 0 aromatic heterocycles. The second-order valence-electron chi connectivity index (χ2n) is 5.37. The molecule has 0 radical (unpaired) electrons. The molecule has 2 aliphatic rings. The van der Waals surface area contributed by atoms with Crippen molar-refractivity contribution in [1.82, 2.24) is 4.90 Å². The number of amides is 1. The summed E-state index contributed by atoms with van der Waals surface area (Å²) in [5.41, 5.74) is 0. The van der Waals surface area contributed by atoms with Gasteiger partial charge in [-0.3, -0.25) is 4.79 Å². The third-order valence-electron chi connectivity index (χ3n) is 4.25. The van der Waals surface area contributed by atoms with Gasteiger partial charge >= 0.3 is 0 Å². The largest absolute Gasteiger partial charge is 0.394 e. The van der Waals surface area contributed by atoms with Crippen LogP contribution < -0.4 is 0 Å². The Morgan fingerprint density at radius 2 is 2.06 bits per heavy atom. The maximum absolute atomic E-state index is 12.6. The Morgan fingerprint density at radius 3 is 2.61 bits per heavy atom. The lowest BCUT2D eigenvalue weighted by atomic mass is 9.88. The smallest absolute Gasteiger partial charge is 0.229 e. The summed E-state index contributed by atoms with van der Waals surface area (Å²) >= 11 is 0. The Kier molecular flexibility index (Phi) is 4.25. The van der Waals surface area contributed by atoms with Gasteiger partial charge in [0.2, 0.25) is 5.91 Å². The van der Waals surface area contributed by atoms with Crippen molar-refractivity contribution in [2.45, 2.75) is 39.0 Å². The standard InChI is InChI=1S/C13H23NO4/c1-8-9(2)18-10(3)12(8)13(16)14-4-5-17-7-11(14)6-15/h8-12,15H,4-7H2,1-3H3. The molecule has 2 saturated heterocycles. The number of ether oxygens (including phenoxy) is 2. The summed E-state index contributed by atoms with van der Waals surface area (Å²) in [6.45, 7) is 7.52. The van der Waals surface area contributed by atoms with Gasteiger partial charge in [0.1, 0.15) is 0 Å². The SMILES string of the molecule is CC1OC(C)C(C(=O)N2CCOCC2CO)C1C. The molecule has 1 N–H and O–H groups in total. The van der Waals surface area contributed by atoms with Gasteiger partial charge in [0.15, 0.2) is 0 Å². The van der Waals surface area contributed by atoms with E-state index in [1.165, 1.54) is 0 Å². The zero-order valence-electron chi connectivity index (χ0n) is 11.3. The molecule has 2 heterocycles. The van der Waals surface area contributed by atoms with Gasteiger partial charge < -0.3 is 19.5 Å². The zero-order valence-corrected chi connectivity index (χ0v) is 11.3. The lowest BCUT2D eigenvalue weighted by Gasteiger charge is -2.37. The number of hydrogen-bond donors (Lipinski definition) is 1. The van der Waals surface area contributed by atoms with E-state index < -0.39 is 0 Å². The number of rotatable bonds is 2. The van der Waals surface area contributed by atoms with Crippen LogP contribution in [0.5, 0.6) is 0 Å². The van der Waals surface area contributed by atoms with Crippen LogP contribution >= 0.6 is 0 Å². The number of aliphatic hydroxyl groups is 1. The number of carbonyl (C=O) groups is 1. The molecule has 0 saturated carbocycles. The summed E-state index contributed by atoms with van der Waals surface area (Å²) in [5.74, 6) is 0.212. The van der Waals surface area contributed by atoms with Gasteiger partial charge in [-0.25, -0.2) is 0 Å². The normalized spacial score (nSPS) is 41.1. The van der Waals surface area contributed by atoms with E-state index in [1.807, 2.05) is 13.8 Å². The van der Waals surface area contributed by atoms with Gasteiger partial charge in [-0.05, 0) is 19.8 Å². The van der Waals surface area contributed by atoms with Gasteiger partial charge in [-0.1, -0.05) is 6.92 Å². The molecular formula is C13H23NO4. The molecule has 18 heavy (non-hydrogen) atoms. The van der Waals surface area contributed by atoms with Crippen molar-refractivity contribution in [2.75, 3.05) is 26.4 Å². The minimum Gasteiger partial charge on any atom is -0.394 e. The Bertz CT molecular complexity index is 309. The van der Waals surface area contributed by atoms with E-state index in [1.54, 1.807) is 4.90 Å². The number of carbonyl (C=O) groups excluding carboxylic acids is 1. The third-order valence-corrected chi connectivity index (χ3v) is 4.25. The summed E-state index contributed by atoms with van der Waals surface area (Å²) in [5, 5.41) is 9.33. The highest BCUT2D eigenvalue weighted by Crippen LogP contribution is 2.34. The molecule has 0 spiro atoms. The van der Waals surface area contributed by atoms with Crippen LogP contribution in [0, 0.1) is 11.8 Å². The molecule has 0 bridgehead atoms. The summed E-state index contributed by atoms with van der Waals surface area (Å²) in [6, 6.07) is -0.207. The van der Waals surface area contributed by atoms with E-state index in [0.717, 1.165) is 0 Å². The number of morpholine rings is 1. The summed E-state index contributed by atoms with van der Waals surface area (Å²) in [6.07, 6.45) is 0.0623. The minimum atomic E-state index is -0.207. The average Bonchev–Trinajstić information content (AvgIpc) is 2.62. The molecule has 2 fully saturated rings. The topological polar surface area (TPSA) is 59.0 Å². The highest BCUT2D eigenvalue weighted by Gasteiger charge is 2.44. The van der Waals surface area contributed by atoms with E-state index >= 15 is 0 Å². The molecule has 0 aromatic carbocycles. The monoisotopic (exact) mass is 257 g/mol. The Hall–Kier alpha value is -0.650. The predicted octanol–water partition coefficient (Wildman–Crippen LogP) is 0.266. The molecule has 2 rings (SSSR count). The van der Waals surface area contributed by atoms with Crippen molar-refractivity contribution in [3.63, 3.8) is 0 Å². The van der Waals surface area contributed by atoms with Gasteiger partial charge in [0, 0.05) is 6.54 Å². The van der Waals surface area contributed by atoms with Gasteiger partial charge in [0.05, 0.1) is 44.0 Å². The highest BCUT2D eigenvalue weighted by atomic mass is 16.5. The summed E-state index contributed by atoms with van der Waals surface area (Å²) in [7, 11) is 0. The number of nitrogens with zero attached hydrogens (tertiary/aromatic N) is 1. The Morgan fingerprint density at radius 1 is 1.33 bits per heavy atom. The Labute approximate surface area is 108 Å². The van der Waals surface area contributed by atoms with Crippen molar-refractivity contribution in [3.8, 4) is 0 Å². The first-order valence-electron chi connectivity index (χ1n) is 6.70. The second kappa shape index (κ2) is 5.55. The number of hydrogen-bond acceptors (Lipinski definition) is 4. The van der Waals surface area contributed by atoms with Crippen LogP contribution in [0.15, 0.2) is 0 Å². The lowest BCUT2D eigenvalue weighted by molar-refractivity contribution is -0.148. The molecule has 0 aliphatic carbocycles. The van der Waals surface area contributed by atoms with Crippen molar-refractivity contribution in [2.24, 2.45) is 11.8 Å². The Balaban J connectivity index is 2.10. The fraction of sp³-hybridized carbons (Fsp3) is 0.923. The third kappa shape index (κ3) is 2.39. The van der Waals surface area contributed by atoms with Gasteiger partial charge in [0.25, 0.3) is 0 Å². The molecule has 5 unspecified atom stereocenters. The summed E-state index contributed by atoms with van der Waals surface area (Å²) < 4.78 is 11.0. The van der Waals surface area contributed by atoms with E-state index in [9.17, 15) is 9.90 Å². The van der Waals surface area contributed by atoms with Gasteiger partial charge in [-0.15, -0.1) is 0 Å². The zero-order chi connectivity index (χ0) is 13.3. The van der Waals surface area contributed by atoms with Crippen LogP contribution in [-0.2, 0) is 14.3 Å². The predicted molar refractivity (Wildman–Crippen MR) is 66.1 cm³/mol. The first-order chi connectivity index (χ1) is 8.56. The fourth-order valence-corrected chi connectivity index (χ4v) is 2.98.